The molecule has 124 valence electrons. The summed E-state index contributed by atoms with van der Waals surface area (Å²) in [6, 6.07) is 17.0. The molecule has 0 aliphatic heterocycles. The lowest BCUT2D eigenvalue weighted by Gasteiger charge is -2.04. The lowest BCUT2D eigenvalue weighted by molar-refractivity contribution is -0.385. The molecule has 7 heteroatoms. The summed E-state index contributed by atoms with van der Waals surface area (Å²) in [7, 11) is 0. The molecule has 0 heterocycles. The van der Waals surface area contributed by atoms with E-state index in [1.807, 2.05) is 30.3 Å². The minimum absolute atomic E-state index is 0.146. The van der Waals surface area contributed by atoms with Crippen LogP contribution in [0, 0.1) is 10.1 Å². The van der Waals surface area contributed by atoms with Crippen LogP contribution in [-0.2, 0) is 0 Å². The molecule has 3 rings (SSSR count). The Morgan fingerprint density at radius 1 is 1.12 bits per heavy atom. The quantitative estimate of drug-likeness (QED) is 0.434. The molecule has 0 bridgehead atoms. The van der Waals surface area contributed by atoms with Crippen molar-refractivity contribution in [3.8, 4) is 0 Å². The number of nitro benzene ring substituents is 1. The molecule has 0 unspecified atom stereocenters. The predicted molar refractivity (Wildman–Crippen MR) is 97.1 cm³/mol. The minimum atomic E-state index is -0.537. The van der Waals surface area contributed by atoms with Crippen LogP contribution in [0.15, 0.2) is 65.8 Å². The van der Waals surface area contributed by atoms with Crippen molar-refractivity contribution in [2.75, 3.05) is 0 Å². The second-order valence-corrected chi connectivity index (χ2v) is 5.62. The third-order valence-corrected chi connectivity index (χ3v) is 3.83. The van der Waals surface area contributed by atoms with E-state index in [4.69, 9.17) is 11.6 Å². The first kappa shape index (κ1) is 16.6. The Morgan fingerprint density at radius 3 is 2.68 bits per heavy atom. The summed E-state index contributed by atoms with van der Waals surface area (Å²) < 4.78 is 0. The highest BCUT2D eigenvalue weighted by Crippen LogP contribution is 2.21. The molecule has 0 spiro atoms. The Kier molecular flexibility index (Phi) is 4.72. The van der Waals surface area contributed by atoms with E-state index in [0.29, 0.717) is 10.6 Å². The van der Waals surface area contributed by atoms with Crippen LogP contribution in [0.3, 0.4) is 0 Å². The number of rotatable bonds is 4. The number of hydrogen-bond donors (Lipinski definition) is 1. The lowest BCUT2D eigenvalue weighted by atomic mass is 10.0. The summed E-state index contributed by atoms with van der Waals surface area (Å²) in [5.41, 5.74) is 2.92. The summed E-state index contributed by atoms with van der Waals surface area (Å²) in [6.07, 6.45) is 1.20. The van der Waals surface area contributed by atoms with Crippen molar-refractivity contribution in [3.63, 3.8) is 0 Å². The summed E-state index contributed by atoms with van der Waals surface area (Å²) in [4.78, 5) is 22.8. The predicted octanol–water partition coefficient (Wildman–Crippen LogP) is 4.17. The molecule has 0 atom stereocenters. The van der Waals surface area contributed by atoms with E-state index in [1.54, 1.807) is 12.1 Å². The molecule has 1 amide bonds. The van der Waals surface area contributed by atoms with Crippen LogP contribution in [0.5, 0.6) is 0 Å². The number of fused-ring (bicyclic) bond motifs is 1. The fourth-order valence-corrected chi connectivity index (χ4v) is 2.62. The normalized spacial score (nSPS) is 10.9. The SMILES string of the molecule is O=C(N/N=C/c1cc(Cl)ccc1[N+](=O)[O-])c1cccc2ccccc12. The van der Waals surface area contributed by atoms with Gasteiger partial charge in [0, 0.05) is 16.7 Å². The van der Waals surface area contributed by atoms with Gasteiger partial charge in [0.25, 0.3) is 11.6 Å². The molecule has 0 saturated carbocycles. The molecule has 3 aromatic rings. The Balaban J connectivity index is 1.84. The third-order valence-electron chi connectivity index (χ3n) is 3.59. The molecule has 0 aliphatic carbocycles. The zero-order chi connectivity index (χ0) is 17.8. The molecule has 1 N–H and O–H groups in total. The first-order chi connectivity index (χ1) is 12.1. The number of halogens is 1. The molecule has 3 aromatic carbocycles. The molecule has 25 heavy (non-hydrogen) atoms. The van der Waals surface area contributed by atoms with E-state index in [0.717, 1.165) is 10.8 Å². The zero-order valence-corrected chi connectivity index (χ0v) is 13.6. The van der Waals surface area contributed by atoms with Gasteiger partial charge in [-0.3, -0.25) is 14.9 Å². The number of carbonyl (C=O) groups excluding carboxylic acids is 1. The van der Waals surface area contributed by atoms with Crippen LogP contribution < -0.4 is 5.43 Å². The van der Waals surface area contributed by atoms with Crippen LogP contribution in [0.2, 0.25) is 5.02 Å². The highest BCUT2D eigenvalue weighted by Gasteiger charge is 2.13. The molecule has 0 aliphatic rings. The minimum Gasteiger partial charge on any atom is -0.267 e. The summed E-state index contributed by atoms with van der Waals surface area (Å²) in [5.74, 6) is -0.405. The van der Waals surface area contributed by atoms with E-state index >= 15 is 0 Å². The van der Waals surface area contributed by atoms with Crippen molar-refractivity contribution >= 4 is 40.2 Å². The van der Waals surface area contributed by atoms with E-state index in [9.17, 15) is 14.9 Å². The van der Waals surface area contributed by atoms with E-state index in [-0.39, 0.29) is 11.3 Å². The Hall–Kier alpha value is -3.25. The van der Waals surface area contributed by atoms with Crippen molar-refractivity contribution in [2.45, 2.75) is 0 Å². The second kappa shape index (κ2) is 7.11. The first-order valence-corrected chi connectivity index (χ1v) is 7.69. The number of nitrogens with one attached hydrogen (secondary N) is 1. The van der Waals surface area contributed by atoms with Crippen LogP contribution in [-0.4, -0.2) is 17.0 Å². The molecular weight excluding hydrogens is 342 g/mol. The van der Waals surface area contributed by atoms with Gasteiger partial charge >= 0.3 is 0 Å². The standard InChI is InChI=1S/C18H12ClN3O3/c19-14-8-9-17(22(24)25)13(10-14)11-20-21-18(23)16-7-3-5-12-4-1-2-6-15(12)16/h1-11H,(H,21,23)/b20-11+. The van der Waals surface area contributed by atoms with Gasteiger partial charge < -0.3 is 0 Å². The number of nitro groups is 1. The van der Waals surface area contributed by atoms with Gasteiger partial charge in [0.2, 0.25) is 0 Å². The Labute approximate surface area is 147 Å². The zero-order valence-electron chi connectivity index (χ0n) is 12.8. The second-order valence-electron chi connectivity index (χ2n) is 5.19. The van der Waals surface area contributed by atoms with Crippen molar-refractivity contribution in [3.05, 3.63) is 86.9 Å². The molecule has 0 saturated heterocycles. The van der Waals surface area contributed by atoms with Gasteiger partial charge in [0.15, 0.2) is 0 Å². The van der Waals surface area contributed by atoms with Crippen molar-refractivity contribution < 1.29 is 9.72 Å². The average molecular weight is 354 g/mol. The van der Waals surface area contributed by atoms with Crippen molar-refractivity contribution in [1.29, 1.82) is 0 Å². The third kappa shape index (κ3) is 3.64. The number of benzene rings is 3. The summed E-state index contributed by atoms with van der Waals surface area (Å²) in [6.45, 7) is 0. The molecular formula is C18H12ClN3O3. The fraction of sp³-hybridized carbons (Fsp3) is 0. The first-order valence-electron chi connectivity index (χ1n) is 7.31. The van der Waals surface area contributed by atoms with Crippen LogP contribution >= 0.6 is 11.6 Å². The van der Waals surface area contributed by atoms with Gasteiger partial charge in [-0.25, -0.2) is 5.43 Å². The van der Waals surface area contributed by atoms with Gasteiger partial charge in [0.1, 0.15) is 0 Å². The van der Waals surface area contributed by atoms with Gasteiger partial charge in [-0.1, -0.05) is 48.0 Å². The van der Waals surface area contributed by atoms with Crippen LogP contribution in [0.1, 0.15) is 15.9 Å². The summed E-state index contributed by atoms with van der Waals surface area (Å²) in [5, 5.41) is 16.9. The van der Waals surface area contributed by atoms with E-state index in [2.05, 4.69) is 10.5 Å². The Bertz CT molecular complexity index is 997. The van der Waals surface area contributed by atoms with Crippen LogP contribution in [0.25, 0.3) is 10.8 Å². The molecule has 6 nitrogen and oxygen atoms in total. The Morgan fingerprint density at radius 2 is 1.88 bits per heavy atom. The summed E-state index contributed by atoms with van der Waals surface area (Å²) >= 11 is 5.85. The number of nitrogens with zero attached hydrogens (tertiary/aromatic N) is 2. The average Bonchev–Trinajstić information content (AvgIpc) is 2.61. The highest BCUT2D eigenvalue weighted by molar-refractivity contribution is 6.31. The van der Waals surface area contributed by atoms with E-state index < -0.39 is 10.8 Å². The maximum atomic E-state index is 12.3. The number of hydrazone groups is 1. The fourth-order valence-electron chi connectivity index (χ4n) is 2.44. The number of carbonyl (C=O) groups is 1. The maximum Gasteiger partial charge on any atom is 0.278 e. The maximum absolute atomic E-state index is 12.3. The molecule has 0 fully saturated rings. The van der Waals surface area contributed by atoms with E-state index in [1.165, 1.54) is 24.4 Å². The monoisotopic (exact) mass is 353 g/mol. The molecule has 0 aromatic heterocycles. The lowest BCUT2D eigenvalue weighted by Crippen LogP contribution is -2.18. The molecule has 0 radical (unpaired) electrons. The number of amides is 1. The van der Waals surface area contributed by atoms with Gasteiger partial charge in [-0.05, 0) is 29.0 Å². The van der Waals surface area contributed by atoms with Gasteiger partial charge in [-0.2, -0.15) is 5.10 Å². The highest BCUT2D eigenvalue weighted by atomic mass is 35.5. The van der Waals surface area contributed by atoms with Crippen molar-refractivity contribution in [1.82, 2.24) is 5.43 Å². The van der Waals surface area contributed by atoms with Crippen molar-refractivity contribution in [2.24, 2.45) is 5.10 Å². The smallest absolute Gasteiger partial charge is 0.267 e. The van der Waals surface area contributed by atoms with Crippen LogP contribution in [0.4, 0.5) is 5.69 Å². The van der Waals surface area contributed by atoms with Gasteiger partial charge in [-0.15, -0.1) is 0 Å². The van der Waals surface area contributed by atoms with Gasteiger partial charge in [0.05, 0.1) is 16.7 Å². The number of hydrogen-bond acceptors (Lipinski definition) is 4. The largest absolute Gasteiger partial charge is 0.278 e. The topological polar surface area (TPSA) is 84.6 Å².